The fraction of sp³-hybridized carbons (Fsp3) is 0.333. The minimum atomic E-state index is -0.487. The van der Waals surface area contributed by atoms with E-state index < -0.39 is 17.3 Å². The zero-order chi connectivity index (χ0) is 17.7. The number of carbonyl (C=O) groups is 1. The molecular formula is C18H18N4O3. The van der Waals surface area contributed by atoms with Gasteiger partial charge in [-0.15, -0.1) is 0 Å². The fourth-order valence-corrected chi connectivity index (χ4v) is 3.64. The number of fused-ring (bicyclic) bond motifs is 2. The second-order valence-electron chi connectivity index (χ2n) is 6.46. The van der Waals surface area contributed by atoms with E-state index >= 15 is 0 Å². The summed E-state index contributed by atoms with van der Waals surface area (Å²) in [7, 11) is 3.01. The van der Waals surface area contributed by atoms with E-state index in [1.807, 2.05) is 24.3 Å². The van der Waals surface area contributed by atoms with Gasteiger partial charge in [-0.3, -0.25) is 18.7 Å². The van der Waals surface area contributed by atoms with E-state index in [2.05, 4.69) is 4.98 Å². The minimum absolute atomic E-state index is 0.0108. The van der Waals surface area contributed by atoms with E-state index in [0.717, 1.165) is 23.0 Å². The van der Waals surface area contributed by atoms with E-state index in [4.69, 9.17) is 0 Å². The number of benzene rings is 1. The van der Waals surface area contributed by atoms with E-state index in [-0.39, 0.29) is 5.78 Å². The third-order valence-electron chi connectivity index (χ3n) is 5.02. The summed E-state index contributed by atoms with van der Waals surface area (Å²) < 4.78 is 4.03. The quantitative estimate of drug-likeness (QED) is 0.625. The van der Waals surface area contributed by atoms with Gasteiger partial charge in [0.15, 0.2) is 16.9 Å². The molecule has 1 aliphatic rings. The second-order valence-corrected chi connectivity index (χ2v) is 6.46. The van der Waals surface area contributed by atoms with Crippen LogP contribution in [-0.4, -0.2) is 24.5 Å². The Morgan fingerprint density at radius 3 is 2.64 bits per heavy atom. The van der Waals surface area contributed by atoms with Crippen molar-refractivity contribution in [3.63, 3.8) is 0 Å². The zero-order valence-corrected chi connectivity index (χ0v) is 14.1. The highest BCUT2D eigenvalue weighted by Crippen LogP contribution is 2.29. The van der Waals surface area contributed by atoms with E-state index in [0.29, 0.717) is 23.1 Å². The standard InChI is InChI=1S/C18H18N4O3/c1-20-16-14(17(24)21(2)18(20)25)22(10-19-16)13-9-5-7-11-6-3-4-8-12(11)15(13)23/h3-4,6,8,10,13H,5,7,9H2,1-2H3. The van der Waals surface area contributed by atoms with Gasteiger partial charge in [-0.25, -0.2) is 9.78 Å². The van der Waals surface area contributed by atoms with E-state index in [1.54, 1.807) is 11.6 Å². The van der Waals surface area contributed by atoms with Gasteiger partial charge < -0.3 is 4.57 Å². The Morgan fingerprint density at radius 2 is 1.84 bits per heavy atom. The Morgan fingerprint density at radius 1 is 1.08 bits per heavy atom. The van der Waals surface area contributed by atoms with Crippen molar-refractivity contribution in [3.8, 4) is 0 Å². The molecule has 0 radical (unpaired) electrons. The van der Waals surface area contributed by atoms with Gasteiger partial charge in [-0.05, 0) is 24.8 Å². The van der Waals surface area contributed by atoms with Crippen molar-refractivity contribution in [2.45, 2.75) is 25.3 Å². The van der Waals surface area contributed by atoms with Crippen molar-refractivity contribution in [3.05, 3.63) is 62.6 Å². The average molecular weight is 338 g/mol. The molecule has 0 saturated heterocycles. The monoisotopic (exact) mass is 338 g/mol. The Kier molecular flexibility index (Phi) is 3.45. The van der Waals surface area contributed by atoms with Crippen molar-refractivity contribution in [2.24, 2.45) is 14.1 Å². The number of hydrogen-bond donors (Lipinski definition) is 0. The number of hydrogen-bond acceptors (Lipinski definition) is 4. The largest absolute Gasteiger partial charge is 0.332 e. The molecule has 25 heavy (non-hydrogen) atoms. The normalized spacial score (nSPS) is 17.5. The van der Waals surface area contributed by atoms with Crippen LogP contribution in [0.2, 0.25) is 0 Å². The maximum absolute atomic E-state index is 13.1. The molecule has 0 amide bonds. The molecule has 3 aromatic rings. The smallest absolute Gasteiger partial charge is 0.314 e. The first kappa shape index (κ1) is 15.6. The molecule has 1 unspecified atom stereocenters. The van der Waals surface area contributed by atoms with Crippen LogP contribution in [0.15, 0.2) is 40.2 Å². The van der Waals surface area contributed by atoms with Crippen LogP contribution in [0.4, 0.5) is 0 Å². The van der Waals surface area contributed by atoms with E-state index in [1.165, 1.54) is 17.9 Å². The second kappa shape index (κ2) is 5.54. The van der Waals surface area contributed by atoms with Crippen LogP contribution in [-0.2, 0) is 20.5 Å². The Balaban J connectivity index is 1.95. The first-order chi connectivity index (χ1) is 12.0. The molecule has 7 nitrogen and oxygen atoms in total. The molecule has 128 valence electrons. The highest BCUT2D eigenvalue weighted by Gasteiger charge is 2.29. The first-order valence-corrected chi connectivity index (χ1v) is 8.25. The van der Waals surface area contributed by atoms with Crippen molar-refractivity contribution in [1.29, 1.82) is 0 Å². The number of rotatable bonds is 1. The van der Waals surface area contributed by atoms with Crippen molar-refractivity contribution >= 4 is 16.9 Å². The number of carbonyl (C=O) groups excluding carboxylic acids is 1. The Hall–Kier alpha value is -2.96. The summed E-state index contributed by atoms with van der Waals surface area (Å²) in [6.07, 6.45) is 3.81. The predicted octanol–water partition coefficient (Wildman–Crippen LogP) is 1.19. The Labute approximate surface area is 143 Å². The molecule has 1 aliphatic carbocycles. The van der Waals surface area contributed by atoms with Crippen LogP contribution in [0.3, 0.4) is 0 Å². The molecule has 4 rings (SSSR count). The molecule has 7 heteroatoms. The molecule has 2 aromatic heterocycles. The van der Waals surface area contributed by atoms with Crippen LogP contribution < -0.4 is 11.2 Å². The molecule has 0 saturated carbocycles. The first-order valence-electron chi connectivity index (χ1n) is 8.25. The highest BCUT2D eigenvalue weighted by atomic mass is 16.2. The summed E-state index contributed by atoms with van der Waals surface area (Å²) in [5.74, 6) is -0.0108. The SMILES string of the molecule is Cn1c(=O)c2c(ncn2C2CCCc3ccccc3C2=O)n(C)c1=O. The lowest BCUT2D eigenvalue weighted by Crippen LogP contribution is -2.38. The minimum Gasteiger partial charge on any atom is -0.314 e. The fourth-order valence-electron chi connectivity index (χ4n) is 3.64. The van der Waals surface area contributed by atoms with E-state index in [9.17, 15) is 14.4 Å². The van der Waals surface area contributed by atoms with Crippen molar-refractivity contribution in [1.82, 2.24) is 18.7 Å². The molecule has 0 bridgehead atoms. The van der Waals surface area contributed by atoms with Gasteiger partial charge in [0.05, 0.1) is 12.4 Å². The van der Waals surface area contributed by atoms with Gasteiger partial charge in [-0.2, -0.15) is 0 Å². The average Bonchev–Trinajstić information content (AvgIpc) is 2.99. The van der Waals surface area contributed by atoms with Crippen LogP contribution >= 0.6 is 0 Å². The van der Waals surface area contributed by atoms with Gasteiger partial charge >= 0.3 is 5.69 Å². The van der Waals surface area contributed by atoms with Gasteiger partial charge in [0.2, 0.25) is 0 Å². The molecular weight excluding hydrogens is 320 g/mol. The maximum Gasteiger partial charge on any atom is 0.332 e. The predicted molar refractivity (Wildman–Crippen MR) is 93.0 cm³/mol. The van der Waals surface area contributed by atoms with Gasteiger partial charge in [0, 0.05) is 19.7 Å². The lowest BCUT2D eigenvalue weighted by Gasteiger charge is -2.16. The summed E-state index contributed by atoms with van der Waals surface area (Å²) in [5, 5.41) is 0. The van der Waals surface area contributed by atoms with Crippen LogP contribution in [0.5, 0.6) is 0 Å². The Bertz CT molecular complexity index is 1120. The van der Waals surface area contributed by atoms with Crippen LogP contribution in [0, 0.1) is 0 Å². The summed E-state index contributed by atoms with van der Waals surface area (Å²) in [5.41, 5.74) is 1.48. The topological polar surface area (TPSA) is 78.9 Å². The molecule has 0 N–H and O–H groups in total. The van der Waals surface area contributed by atoms with Gasteiger partial charge in [-0.1, -0.05) is 24.3 Å². The number of imidazole rings is 1. The molecule has 0 fully saturated rings. The van der Waals surface area contributed by atoms with Crippen molar-refractivity contribution < 1.29 is 4.79 Å². The summed E-state index contributed by atoms with van der Waals surface area (Å²) in [6, 6.07) is 7.12. The number of aromatic nitrogens is 4. The van der Waals surface area contributed by atoms with Gasteiger partial charge in [0.1, 0.15) is 0 Å². The third kappa shape index (κ3) is 2.19. The lowest BCUT2D eigenvalue weighted by molar-refractivity contribution is 0.0924. The summed E-state index contributed by atoms with van der Waals surface area (Å²) in [4.78, 5) is 42.1. The number of ketones is 1. The zero-order valence-electron chi connectivity index (χ0n) is 14.1. The highest BCUT2D eigenvalue weighted by molar-refractivity contribution is 6.01. The number of aryl methyl sites for hydroxylation is 2. The maximum atomic E-state index is 13.1. The molecule has 0 aliphatic heterocycles. The summed E-state index contributed by atoms with van der Waals surface area (Å²) in [6.45, 7) is 0. The third-order valence-corrected chi connectivity index (χ3v) is 5.02. The molecule has 1 aromatic carbocycles. The van der Waals surface area contributed by atoms with Crippen molar-refractivity contribution in [2.75, 3.05) is 0 Å². The van der Waals surface area contributed by atoms with Crippen LogP contribution in [0.25, 0.3) is 11.2 Å². The summed E-state index contributed by atoms with van der Waals surface area (Å²) >= 11 is 0. The number of nitrogens with zero attached hydrogens (tertiary/aromatic N) is 4. The lowest BCUT2D eigenvalue weighted by atomic mass is 10.0. The van der Waals surface area contributed by atoms with Gasteiger partial charge in [0.25, 0.3) is 5.56 Å². The number of Topliss-reactive ketones (excluding diaryl/α,β-unsaturated/α-hetero) is 1. The molecule has 0 spiro atoms. The van der Waals surface area contributed by atoms with Crippen LogP contribution in [0.1, 0.15) is 34.8 Å². The molecule has 2 heterocycles. The molecule has 1 atom stereocenters.